The highest BCUT2D eigenvalue weighted by Crippen LogP contribution is 2.34. The molecule has 0 aliphatic heterocycles. The second kappa shape index (κ2) is 10.1. The lowest BCUT2D eigenvalue weighted by Gasteiger charge is -2.14. The highest BCUT2D eigenvalue weighted by atomic mass is 35.5. The molecule has 0 radical (unpaired) electrons. The maximum Gasteiger partial charge on any atom is 0.269 e. The quantitative estimate of drug-likeness (QED) is 0.351. The van der Waals surface area contributed by atoms with Gasteiger partial charge in [-0.15, -0.1) is 0 Å². The van der Waals surface area contributed by atoms with Crippen LogP contribution in [0, 0.1) is 16.0 Å². The lowest BCUT2D eigenvalue weighted by molar-refractivity contribution is -0.384. The average molecular weight is 393 g/mol. The number of ether oxygens (including phenoxy) is 2. The van der Waals surface area contributed by atoms with Gasteiger partial charge in [-0.25, -0.2) is 0 Å². The molecule has 0 atom stereocenters. The molecule has 2 rings (SSSR count). The van der Waals surface area contributed by atoms with Gasteiger partial charge in [0.2, 0.25) is 0 Å². The predicted octanol–water partition coefficient (Wildman–Crippen LogP) is 4.97. The molecule has 0 aliphatic carbocycles. The number of hydrogen-bond acceptors (Lipinski definition) is 5. The monoisotopic (exact) mass is 392 g/mol. The summed E-state index contributed by atoms with van der Waals surface area (Å²) in [6.45, 7) is 6.22. The lowest BCUT2D eigenvalue weighted by atomic mass is 10.1. The Morgan fingerprint density at radius 1 is 1.19 bits per heavy atom. The SMILES string of the molecule is COc1cc(CNCCC(C)C)c(Cl)cc1OCc1ccc([N+](=O)[O-])cc1. The van der Waals surface area contributed by atoms with Gasteiger partial charge in [0.1, 0.15) is 6.61 Å². The molecule has 27 heavy (non-hydrogen) atoms. The Kier molecular flexibility index (Phi) is 7.88. The summed E-state index contributed by atoms with van der Waals surface area (Å²) >= 11 is 6.39. The zero-order chi connectivity index (χ0) is 19.8. The number of methoxy groups -OCH3 is 1. The Labute approximate surface area is 164 Å². The topological polar surface area (TPSA) is 73.6 Å². The summed E-state index contributed by atoms with van der Waals surface area (Å²) in [6, 6.07) is 9.85. The van der Waals surface area contributed by atoms with E-state index in [0.717, 1.165) is 24.1 Å². The van der Waals surface area contributed by atoms with E-state index in [1.54, 1.807) is 25.3 Å². The van der Waals surface area contributed by atoms with Crippen LogP contribution in [0.15, 0.2) is 36.4 Å². The zero-order valence-electron chi connectivity index (χ0n) is 15.8. The number of non-ortho nitro benzene ring substituents is 1. The van der Waals surface area contributed by atoms with Gasteiger partial charge >= 0.3 is 0 Å². The van der Waals surface area contributed by atoms with E-state index in [0.29, 0.717) is 29.0 Å². The molecule has 0 aromatic heterocycles. The summed E-state index contributed by atoms with van der Waals surface area (Å²) in [4.78, 5) is 10.3. The van der Waals surface area contributed by atoms with E-state index in [1.807, 2.05) is 6.07 Å². The molecule has 6 nitrogen and oxygen atoms in total. The summed E-state index contributed by atoms with van der Waals surface area (Å²) in [5, 5.41) is 14.7. The predicted molar refractivity (Wildman–Crippen MR) is 107 cm³/mol. The lowest BCUT2D eigenvalue weighted by Crippen LogP contribution is -2.16. The number of nitro groups is 1. The minimum absolute atomic E-state index is 0.0497. The van der Waals surface area contributed by atoms with Crippen LogP contribution in [-0.4, -0.2) is 18.6 Å². The summed E-state index contributed by atoms with van der Waals surface area (Å²) in [7, 11) is 1.58. The van der Waals surface area contributed by atoms with Crippen molar-refractivity contribution >= 4 is 17.3 Å². The molecular weight excluding hydrogens is 368 g/mol. The number of hydrogen-bond donors (Lipinski definition) is 1. The van der Waals surface area contributed by atoms with Crippen LogP contribution in [0.5, 0.6) is 11.5 Å². The van der Waals surface area contributed by atoms with E-state index in [1.165, 1.54) is 12.1 Å². The molecule has 0 saturated carbocycles. The molecule has 7 heteroatoms. The van der Waals surface area contributed by atoms with Gasteiger partial charge in [0.25, 0.3) is 5.69 Å². The van der Waals surface area contributed by atoms with Crippen molar-refractivity contribution < 1.29 is 14.4 Å². The van der Waals surface area contributed by atoms with Gasteiger partial charge in [-0.05, 0) is 48.2 Å². The Hall–Kier alpha value is -2.31. The van der Waals surface area contributed by atoms with E-state index in [4.69, 9.17) is 21.1 Å². The summed E-state index contributed by atoms with van der Waals surface area (Å²) in [6.07, 6.45) is 1.10. The van der Waals surface area contributed by atoms with E-state index in [9.17, 15) is 10.1 Å². The normalized spacial score (nSPS) is 10.9. The Bertz CT molecular complexity index is 763. The highest BCUT2D eigenvalue weighted by molar-refractivity contribution is 6.31. The second-order valence-corrected chi connectivity index (χ2v) is 7.07. The minimum atomic E-state index is -0.429. The van der Waals surface area contributed by atoms with E-state index >= 15 is 0 Å². The van der Waals surface area contributed by atoms with Crippen molar-refractivity contribution in [3.63, 3.8) is 0 Å². The van der Waals surface area contributed by atoms with Crippen LogP contribution >= 0.6 is 11.6 Å². The number of rotatable bonds is 10. The van der Waals surface area contributed by atoms with Crippen molar-refractivity contribution in [1.29, 1.82) is 0 Å². The first-order chi connectivity index (χ1) is 12.9. The largest absolute Gasteiger partial charge is 0.493 e. The minimum Gasteiger partial charge on any atom is -0.493 e. The molecular formula is C20H25ClN2O4. The average Bonchev–Trinajstić information content (AvgIpc) is 2.64. The van der Waals surface area contributed by atoms with Crippen molar-refractivity contribution in [3.05, 3.63) is 62.7 Å². The first-order valence-corrected chi connectivity index (χ1v) is 9.21. The number of benzene rings is 2. The van der Waals surface area contributed by atoms with Crippen LogP contribution in [0.2, 0.25) is 5.02 Å². The first-order valence-electron chi connectivity index (χ1n) is 8.84. The fraction of sp³-hybridized carbons (Fsp3) is 0.400. The third-order valence-electron chi connectivity index (χ3n) is 4.09. The van der Waals surface area contributed by atoms with Crippen molar-refractivity contribution in [3.8, 4) is 11.5 Å². The smallest absolute Gasteiger partial charge is 0.269 e. The van der Waals surface area contributed by atoms with Crippen molar-refractivity contribution in [2.45, 2.75) is 33.4 Å². The molecule has 0 aliphatic rings. The number of halogens is 1. The Balaban J connectivity index is 2.01. The summed E-state index contributed by atoms with van der Waals surface area (Å²) in [5.74, 6) is 1.78. The molecule has 0 unspecified atom stereocenters. The molecule has 0 saturated heterocycles. The number of nitrogens with one attached hydrogen (secondary N) is 1. The molecule has 0 amide bonds. The third kappa shape index (κ3) is 6.41. The molecule has 1 N–H and O–H groups in total. The van der Waals surface area contributed by atoms with Gasteiger partial charge in [-0.2, -0.15) is 0 Å². The maximum atomic E-state index is 10.7. The third-order valence-corrected chi connectivity index (χ3v) is 4.44. The van der Waals surface area contributed by atoms with Crippen molar-refractivity contribution in [2.75, 3.05) is 13.7 Å². The van der Waals surface area contributed by atoms with Crippen LogP contribution in [0.4, 0.5) is 5.69 Å². The molecule has 0 heterocycles. The van der Waals surface area contributed by atoms with Crippen LogP contribution in [-0.2, 0) is 13.2 Å². The van der Waals surface area contributed by atoms with Crippen LogP contribution < -0.4 is 14.8 Å². The number of nitro benzene ring substituents is 1. The molecule has 0 fully saturated rings. The molecule has 146 valence electrons. The van der Waals surface area contributed by atoms with Gasteiger partial charge in [0.05, 0.1) is 12.0 Å². The number of nitrogens with zero attached hydrogens (tertiary/aromatic N) is 1. The Morgan fingerprint density at radius 2 is 1.89 bits per heavy atom. The van der Waals surface area contributed by atoms with E-state index in [2.05, 4.69) is 19.2 Å². The van der Waals surface area contributed by atoms with Crippen LogP contribution in [0.3, 0.4) is 0 Å². The molecule has 0 bridgehead atoms. The van der Waals surface area contributed by atoms with Gasteiger partial charge in [0.15, 0.2) is 11.5 Å². The Morgan fingerprint density at radius 3 is 2.48 bits per heavy atom. The maximum absolute atomic E-state index is 10.7. The van der Waals surface area contributed by atoms with Gasteiger partial charge < -0.3 is 14.8 Å². The first kappa shape index (κ1) is 21.0. The summed E-state index contributed by atoms with van der Waals surface area (Å²) < 4.78 is 11.2. The fourth-order valence-corrected chi connectivity index (χ4v) is 2.69. The van der Waals surface area contributed by atoms with Gasteiger partial charge in [0, 0.05) is 29.8 Å². The van der Waals surface area contributed by atoms with E-state index < -0.39 is 4.92 Å². The van der Waals surface area contributed by atoms with E-state index in [-0.39, 0.29) is 12.3 Å². The standard InChI is InChI=1S/C20H25ClN2O4/c1-14(2)8-9-22-12-16-10-19(26-3)20(11-18(16)21)27-13-15-4-6-17(7-5-15)23(24)25/h4-7,10-11,14,22H,8-9,12-13H2,1-3H3. The molecule has 2 aromatic rings. The van der Waals surface area contributed by atoms with Crippen molar-refractivity contribution in [2.24, 2.45) is 5.92 Å². The van der Waals surface area contributed by atoms with Crippen LogP contribution in [0.1, 0.15) is 31.4 Å². The van der Waals surface area contributed by atoms with Crippen LogP contribution in [0.25, 0.3) is 0 Å². The van der Waals surface area contributed by atoms with Gasteiger partial charge in [-0.3, -0.25) is 10.1 Å². The van der Waals surface area contributed by atoms with Gasteiger partial charge in [-0.1, -0.05) is 25.4 Å². The highest BCUT2D eigenvalue weighted by Gasteiger charge is 2.11. The molecule has 2 aromatic carbocycles. The summed E-state index contributed by atoms with van der Waals surface area (Å²) in [5.41, 5.74) is 1.81. The fourth-order valence-electron chi connectivity index (χ4n) is 2.47. The zero-order valence-corrected chi connectivity index (χ0v) is 16.6. The van der Waals surface area contributed by atoms with Crippen molar-refractivity contribution in [1.82, 2.24) is 5.32 Å². The second-order valence-electron chi connectivity index (χ2n) is 6.67. The molecule has 0 spiro atoms.